The minimum Gasteiger partial charge on any atom is -0.478 e. The first-order chi connectivity index (χ1) is 18.0. The van der Waals surface area contributed by atoms with Crippen LogP contribution in [-0.4, -0.2) is 16.9 Å². The largest absolute Gasteiger partial charge is 0.478 e. The van der Waals surface area contributed by atoms with Crippen molar-refractivity contribution in [3.8, 4) is 22.3 Å². The van der Waals surface area contributed by atoms with Crippen molar-refractivity contribution in [3.63, 3.8) is 0 Å². The number of fused-ring (bicyclic) bond motifs is 1. The lowest BCUT2D eigenvalue weighted by atomic mass is 9.62. The first kappa shape index (κ1) is 25.6. The molecule has 0 aromatic heterocycles. The zero-order valence-electron chi connectivity index (χ0n) is 22.1. The molecule has 0 spiro atoms. The number of rotatable bonds is 5. The second-order valence-electron chi connectivity index (χ2n) is 11.4. The van der Waals surface area contributed by atoms with Gasteiger partial charge in [-0.2, -0.15) is 0 Å². The number of carbonyl (C=O) groups excluding carboxylic acids is 1. The van der Waals surface area contributed by atoms with Gasteiger partial charge in [0.1, 0.15) is 5.82 Å². The summed E-state index contributed by atoms with van der Waals surface area (Å²) in [6, 6.07) is 24.6. The van der Waals surface area contributed by atoms with E-state index in [-0.39, 0.29) is 33.6 Å². The minimum atomic E-state index is -1.14. The van der Waals surface area contributed by atoms with Gasteiger partial charge >= 0.3 is 5.97 Å². The molecule has 38 heavy (non-hydrogen) atoms. The normalized spacial score (nSPS) is 15.5. The average molecular weight is 507 g/mol. The molecule has 1 aliphatic carbocycles. The smallest absolute Gasteiger partial charge is 0.336 e. The molecule has 1 aliphatic rings. The van der Waals surface area contributed by atoms with Crippen LogP contribution in [0.3, 0.4) is 0 Å². The van der Waals surface area contributed by atoms with Gasteiger partial charge in [-0.05, 0) is 75.8 Å². The fourth-order valence-electron chi connectivity index (χ4n) is 5.58. The highest BCUT2D eigenvalue weighted by Gasteiger charge is 2.38. The lowest BCUT2D eigenvalue weighted by Crippen LogP contribution is -2.34. The molecule has 4 heteroatoms. The van der Waals surface area contributed by atoms with Gasteiger partial charge in [0.25, 0.3) is 0 Å². The van der Waals surface area contributed by atoms with Crippen molar-refractivity contribution in [3.05, 3.63) is 119 Å². The van der Waals surface area contributed by atoms with Crippen LogP contribution in [0.25, 0.3) is 22.3 Å². The van der Waals surface area contributed by atoms with Crippen molar-refractivity contribution in [1.82, 2.24) is 0 Å². The first-order valence-electron chi connectivity index (χ1n) is 12.9. The number of carboxylic acid groups (broad SMARTS) is 1. The standard InChI is InChI=1S/C34H31FO3/c1-33(2)17-18-34(3,4)29-20-27(23-9-7-8-12-30(23)35)26(19-28(29)33)21-13-15-22(16-14-21)31(36)24-10-5-6-11-25(24)32(37)38/h5-16,19-20H,17-18H2,1-4H3,(H,37,38). The van der Waals surface area contributed by atoms with Gasteiger partial charge < -0.3 is 5.11 Å². The van der Waals surface area contributed by atoms with E-state index in [0.717, 1.165) is 29.5 Å². The number of hydrogen-bond acceptors (Lipinski definition) is 2. The Bertz CT molecular complexity index is 1560. The Morgan fingerprint density at radius 2 is 1.21 bits per heavy atom. The van der Waals surface area contributed by atoms with Gasteiger partial charge in [0, 0.05) is 16.7 Å². The molecular weight excluding hydrogens is 475 g/mol. The predicted octanol–water partition coefficient (Wildman–Crippen LogP) is 8.44. The molecular formula is C34H31FO3. The fourth-order valence-corrected chi connectivity index (χ4v) is 5.58. The summed E-state index contributed by atoms with van der Waals surface area (Å²) >= 11 is 0. The summed E-state index contributed by atoms with van der Waals surface area (Å²) < 4.78 is 15.1. The van der Waals surface area contributed by atoms with Crippen LogP contribution in [0.5, 0.6) is 0 Å². The lowest BCUT2D eigenvalue weighted by molar-refractivity contribution is 0.0692. The fraction of sp³-hybridized carbons (Fsp3) is 0.235. The van der Waals surface area contributed by atoms with Crippen LogP contribution in [-0.2, 0) is 10.8 Å². The molecule has 0 amide bonds. The molecule has 0 bridgehead atoms. The van der Waals surface area contributed by atoms with Gasteiger partial charge in [-0.15, -0.1) is 0 Å². The highest BCUT2D eigenvalue weighted by atomic mass is 19.1. The van der Waals surface area contributed by atoms with Crippen LogP contribution < -0.4 is 0 Å². The van der Waals surface area contributed by atoms with Crippen molar-refractivity contribution >= 4 is 11.8 Å². The molecule has 5 rings (SSSR count). The Hall–Kier alpha value is -4.05. The Morgan fingerprint density at radius 1 is 0.684 bits per heavy atom. The molecule has 0 aliphatic heterocycles. The predicted molar refractivity (Wildman–Crippen MR) is 149 cm³/mol. The van der Waals surface area contributed by atoms with Crippen LogP contribution in [0.1, 0.15) is 77.9 Å². The Kier molecular flexibility index (Phi) is 6.30. The first-order valence-corrected chi connectivity index (χ1v) is 12.9. The maximum atomic E-state index is 15.1. The van der Waals surface area contributed by atoms with E-state index in [1.807, 2.05) is 24.3 Å². The maximum absolute atomic E-state index is 15.1. The lowest BCUT2D eigenvalue weighted by Gasteiger charge is -2.42. The second kappa shape index (κ2) is 9.36. The minimum absolute atomic E-state index is 0.0240. The molecule has 0 radical (unpaired) electrons. The molecule has 0 saturated carbocycles. The number of carbonyl (C=O) groups is 2. The molecule has 0 heterocycles. The van der Waals surface area contributed by atoms with Gasteiger partial charge in [0.2, 0.25) is 0 Å². The monoisotopic (exact) mass is 506 g/mol. The van der Waals surface area contributed by atoms with Crippen molar-refractivity contribution < 1.29 is 19.1 Å². The van der Waals surface area contributed by atoms with Crippen LogP contribution in [0, 0.1) is 5.82 Å². The summed E-state index contributed by atoms with van der Waals surface area (Å²) in [4.78, 5) is 24.8. The van der Waals surface area contributed by atoms with E-state index in [1.165, 1.54) is 29.3 Å². The zero-order valence-corrected chi connectivity index (χ0v) is 22.1. The Balaban J connectivity index is 1.66. The molecule has 0 saturated heterocycles. The van der Waals surface area contributed by atoms with Gasteiger partial charge in [-0.3, -0.25) is 4.79 Å². The third kappa shape index (κ3) is 4.45. The van der Waals surface area contributed by atoms with E-state index < -0.39 is 5.97 Å². The molecule has 4 aromatic carbocycles. The number of hydrogen-bond donors (Lipinski definition) is 1. The molecule has 0 atom stereocenters. The van der Waals surface area contributed by atoms with Crippen molar-refractivity contribution in [2.24, 2.45) is 0 Å². The van der Waals surface area contributed by atoms with Crippen molar-refractivity contribution in [1.29, 1.82) is 0 Å². The van der Waals surface area contributed by atoms with E-state index >= 15 is 4.39 Å². The van der Waals surface area contributed by atoms with Crippen molar-refractivity contribution in [2.75, 3.05) is 0 Å². The van der Waals surface area contributed by atoms with E-state index in [2.05, 4.69) is 39.8 Å². The van der Waals surface area contributed by atoms with Crippen molar-refractivity contribution in [2.45, 2.75) is 51.4 Å². The third-order valence-electron chi connectivity index (χ3n) is 8.02. The van der Waals surface area contributed by atoms with Crippen LogP contribution >= 0.6 is 0 Å². The van der Waals surface area contributed by atoms with Crippen LogP contribution in [0.4, 0.5) is 4.39 Å². The quantitative estimate of drug-likeness (QED) is 0.276. The van der Waals surface area contributed by atoms with Gasteiger partial charge in [0.05, 0.1) is 5.56 Å². The number of ketones is 1. The summed E-state index contributed by atoms with van der Waals surface area (Å²) in [5.74, 6) is -1.77. The van der Waals surface area contributed by atoms with E-state index in [1.54, 1.807) is 30.3 Å². The van der Waals surface area contributed by atoms with Crippen LogP contribution in [0.2, 0.25) is 0 Å². The number of carboxylic acids is 1. The van der Waals surface area contributed by atoms with Gasteiger partial charge in [0.15, 0.2) is 5.78 Å². The summed E-state index contributed by atoms with van der Waals surface area (Å²) in [5, 5.41) is 9.51. The number of halogens is 1. The molecule has 3 nitrogen and oxygen atoms in total. The highest BCUT2D eigenvalue weighted by Crippen LogP contribution is 2.49. The average Bonchev–Trinajstić information content (AvgIpc) is 2.91. The Morgan fingerprint density at radius 3 is 1.79 bits per heavy atom. The highest BCUT2D eigenvalue weighted by molar-refractivity contribution is 6.14. The molecule has 4 aromatic rings. The topological polar surface area (TPSA) is 54.4 Å². The molecule has 1 N–H and O–H groups in total. The van der Waals surface area contributed by atoms with Crippen LogP contribution in [0.15, 0.2) is 84.9 Å². The molecule has 0 unspecified atom stereocenters. The Labute approximate surface area is 223 Å². The summed E-state index contributed by atoms with van der Waals surface area (Å²) in [5.41, 5.74) is 6.11. The van der Waals surface area contributed by atoms with Gasteiger partial charge in [-0.1, -0.05) is 88.4 Å². The van der Waals surface area contributed by atoms with E-state index in [0.29, 0.717) is 11.1 Å². The number of benzene rings is 4. The third-order valence-corrected chi connectivity index (χ3v) is 8.02. The molecule has 192 valence electrons. The summed E-state index contributed by atoms with van der Waals surface area (Å²) in [7, 11) is 0. The molecule has 0 fully saturated rings. The SMILES string of the molecule is CC1(C)CCC(C)(C)c2cc(-c3ccccc3F)c(-c3ccc(C(=O)c4ccccc4C(=O)O)cc3)cc21. The number of aromatic carboxylic acids is 1. The summed E-state index contributed by atoms with van der Waals surface area (Å²) in [6.07, 6.45) is 2.11. The summed E-state index contributed by atoms with van der Waals surface area (Å²) in [6.45, 7) is 9.02. The zero-order chi connectivity index (χ0) is 27.2. The second-order valence-corrected chi connectivity index (χ2v) is 11.4. The van der Waals surface area contributed by atoms with E-state index in [9.17, 15) is 14.7 Å². The van der Waals surface area contributed by atoms with Gasteiger partial charge in [-0.25, -0.2) is 9.18 Å². The van der Waals surface area contributed by atoms with E-state index in [4.69, 9.17) is 0 Å². The maximum Gasteiger partial charge on any atom is 0.336 e.